The van der Waals surface area contributed by atoms with E-state index in [2.05, 4.69) is 22.1 Å². The van der Waals surface area contributed by atoms with Crippen molar-refractivity contribution in [3.8, 4) is 0 Å². The summed E-state index contributed by atoms with van der Waals surface area (Å²) in [5.74, 6) is 0.998. The van der Waals surface area contributed by atoms with Crippen molar-refractivity contribution in [2.75, 3.05) is 11.4 Å². The molecule has 0 aliphatic heterocycles. The largest absolute Gasteiger partial charge is 0.274 e. The summed E-state index contributed by atoms with van der Waals surface area (Å²) in [7, 11) is -2.37. The van der Waals surface area contributed by atoms with Gasteiger partial charge in [0.05, 0.1) is 15.9 Å². The van der Waals surface area contributed by atoms with Crippen molar-refractivity contribution in [1.29, 1.82) is 0 Å². The maximum absolute atomic E-state index is 13.1. The third kappa shape index (κ3) is 2.98. The highest BCUT2D eigenvalue weighted by Crippen LogP contribution is 2.28. The summed E-state index contributed by atoms with van der Waals surface area (Å²) < 4.78 is 29.3. The fourth-order valence-electron chi connectivity index (χ4n) is 3.10. The fourth-order valence-corrected chi connectivity index (χ4v) is 4.37. The molecule has 0 saturated carbocycles. The minimum Gasteiger partial charge on any atom is -0.274 e. The number of aromatic nitrogens is 4. The third-order valence-corrected chi connectivity index (χ3v) is 6.54. The number of nitrogens with zero attached hydrogens (tertiary/aromatic N) is 5. The predicted molar refractivity (Wildman–Crippen MR) is 109 cm³/mol. The van der Waals surface area contributed by atoms with Crippen LogP contribution in [0.1, 0.15) is 19.2 Å². The normalized spacial score (nSPS) is 12.0. The van der Waals surface area contributed by atoms with Crippen LogP contribution in [0, 0.1) is 0 Å². The Morgan fingerprint density at radius 1 is 1.07 bits per heavy atom. The van der Waals surface area contributed by atoms with E-state index in [1.54, 1.807) is 12.1 Å². The van der Waals surface area contributed by atoms with E-state index in [1.165, 1.54) is 19.2 Å². The van der Waals surface area contributed by atoms with Crippen LogP contribution in [-0.4, -0.2) is 35.0 Å². The minimum atomic E-state index is -3.84. The van der Waals surface area contributed by atoms with Gasteiger partial charge in [0.2, 0.25) is 5.65 Å². The lowest BCUT2D eigenvalue weighted by Gasteiger charge is -2.19. The fraction of sp³-hybridized carbons (Fsp3) is 0.211. The van der Waals surface area contributed by atoms with Crippen LogP contribution < -0.4 is 4.31 Å². The van der Waals surface area contributed by atoms with E-state index in [0.717, 1.165) is 28.5 Å². The first-order chi connectivity index (χ1) is 13.4. The van der Waals surface area contributed by atoms with Gasteiger partial charge in [-0.1, -0.05) is 30.7 Å². The highest BCUT2D eigenvalue weighted by Gasteiger charge is 2.26. The molecular weight excluding hydrogens is 398 g/mol. The van der Waals surface area contributed by atoms with Crippen molar-refractivity contribution in [2.24, 2.45) is 0 Å². The number of aryl methyl sites for hydroxylation is 1. The predicted octanol–water partition coefficient (Wildman–Crippen LogP) is 3.71. The molecule has 2 heterocycles. The number of hydrogen-bond acceptors (Lipinski definition) is 5. The van der Waals surface area contributed by atoms with Gasteiger partial charge in [0.25, 0.3) is 10.0 Å². The van der Waals surface area contributed by atoms with E-state index in [0.29, 0.717) is 16.2 Å². The van der Waals surface area contributed by atoms with Crippen molar-refractivity contribution < 1.29 is 8.42 Å². The van der Waals surface area contributed by atoms with E-state index < -0.39 is 10.0 Å². The quantitative estimate of drug-likeness (QED) is 0.496. The number of halogens is 1. The number of fused-ring (bicyclic) bond motifs is 3. The molecule has 2 aromatic carbocycles. The number of rotatable bonds is 5. The lowest BCUT2D eigenvalue weighted by atomic mass is 10.2. The van der Waals surface area contributed by atoms with Crippen molar-refractivity contribution in [2.45, 2.75) is 24.7 Å². The van der Waals surface area contributed by atoms with Crippen LogP contribution in [0.5, 0.6) is 0 Å². The van der Waals surface area contributed by atoms with Crippen LogP contribution in [0.3, 0.4) is 0 Å². The number of anilines is 1. The summed E-state index contributed by atoms with van der Waals surface area (Å²) in [6.07, 6.45) is 1.62. The molecule has 4 aromatic rings. The van der Waals surface area contributed by atoms with Crippen molar-refractivity contribution in [3.05, 3.63) is 59.4 Å². The molecule has 9 heteroatoms. The lowest BCUT2D eigenvalue weighted by molar-refractivity contribution is 0.594. The second kappa shape index (κ2) is 7.03. The number of hydrogen-bond donors (Lipinski definition) is 0. The van der Waals surface area contributed by atoms with Crippen LogP contribution in [0.15, 0.2) is 53.4 Å². The highest BCUT2D eigenvalue weighted by molar-refractivity contribution is 7.92. The first kappa shape index (κ1) is 18.6. The maximum Gasteiger partial charge on any atom is 0.265 e. The van der Waals surface area contributed by atoms with Crippen molar-refractivity contribution in [1.82, 2.24) is 19.6 Å². The van der Waals surface area contributed by atoms with Gasteiger partial charge >= 0.3 is 0 Å². The molecule has 0 amide bonds. The topological polar surface area (TPSA) is 80.5 Å². The monoisotopic (exact) mass is 415 g/mol. The molecule has 2 aromatic heterocycles. The molecule has 4 rings (SSSR count). The van der Waals surface area contributed by atoms with E-state index >= 15 is 0 Å². The zero-order valence-electron chi connectivity index (χ0n) is 15.4. The molecule has 0 atom stereocenters. The van der Waals surface area contributed by atoms with Gasteiger partial charge in [0.1, 0.15) is 5.82 Å². The maximum atomic E-state index is 13.1. The van der Waals surface area contributed by atoms with Gasteiger partial charge in [-0.15, -0.1) is 10.2 Å². The second-order valence-electron chi connectivity index (χ2n) is 6.38. The summed E-state index contributed by atoms with van der Waals surface area (Å²) in [6, 6.07) is 13.6. The Kier molecular flexibility index (Phi) is 4.68. The van der Waals surface area contributed by atoms with Gasteiger partial charge in [-0.25, -0.2) is 17.7 Å². The number of sulfonamides is 1. The molecule has 0 bridgehead atoms. The first-order valence-corrected chi connectivity index (χ1v) is 10.6. The van der Waals surface area contributed by atoms with E-state index in [9.17, 15) is 8.42 Å². The standard InChI is InChI=1S/C19H18ClN5O2S/c1-3-6-17-22-23-19-18(21-15-7-4-5-8-16(15)25(17)19)24(2)28(26,27)14-11-9-13(20)10-12-14/h4-5,7-12H,3,6H2,1-2H3. The second-order valence-corrected chi connectivity index (χ2v) is 8.78. The molecule has 0 radical (unpaired) electrons. The number of para-hydroxylation sites is 2. The molecule has 144 valence electrons. The zero-order valence-corrected chi connectivity index (χ0v) is 16.9. The van der Waals surface area contributed by atoms with E-state index in [1.807, 2.05) is 28.7 Å². The van der Waals surface area contributed by atoms with Gasteiger partial charge in [0, 0.05) is 18.5 Å². The van der Waals surface area contributed by atoms with Crippen LogP contribution in [0.4, 0.5) is 5.82 Å². The molecule has 0 fully saturated rings. The Morgan fingerprint density at radius 3 is 2.50 bits per heavy atom. The summed E-state index contributed by atoms with van der Waals surface area (Å²) in [6.45, 7) is 2.06. The Labute approximate surface area is 167 Å². The summed E-state index contributed by atoms with van der Waals surface area (Å²) >= 11 is 5.89. The molecule has 7 nitrogen and oxygen atoms in total. The van der Waals surface area contributed by atoms with Crippen LogP contribution >= 0.6 is 11.6 Å². The Bertz CT molecular complexity index is 1270. The Balaban J connectivity index is 1.95. The smallest absolute Gasteiger partial charge is 0.265 e. The average molecular weight is 416 g/mol. The van der Waals surface area contributed by atoms with Gasteiger partial charge in [-0.05, 0) is 42.8 Å². The third-order valence-electron chi connectivity index (χ3n) is 4.52. The first-order valence-electron chi connectivity index (χ1n) is 8.80. The van der Waals surface area contributed by atoms with E-state index in [-0.39, 0.29) is 10.7 Å². The van der Waals surface area contributed by atoms with Crippen molar-refractivity contribution >= 4 is 44.1 Å². The van der Waals surface area contributed by atoms with Gasteiger partial charge in [0.15, 0.2) is 5.82 Å². The molecule has 28 heavy (non-hydrogen) atoms. The SMILES string of the molecule is CCCc1nnc2c(N(C)S(=O)(=O)c3ccc(Cl)cc3)nc3ccccc3n12. The number of benzene rings is 2. The summed E-state index contributed by atoms with van der Waals surface area (Å²) in [5.41, 5.74) is 1.91. The molecule has 0 saturated heterocycles. The Hall–Kier alpha value is -2.71. The molecule has 0 aliphatic carbocycles. The Morgan fingerprint density at radius 2 is 1.79 bits per heavy atom. The molecule has 0 aliphatic rings. The van der Waals surface area contributed by atoms with Crippen LogP contribution in [-0.2, 0) is 16.4 Å². The summed E-state index contributed by atoms with van der Waals surface area (Å²) in [4.78, 5) is 4.71. The molecule has 0 spiro atoms. The lowest BCUT2D eigenvalue weighted by Crippen LogP contribution is -2.28. The highest BCUT2D eigenvalue weighted by atomic mass is 35.5. The van der Waals surface area contributed by atoms with E-state index in [4.69, 9.17) is 11.6 Å². The molecule has 0 unspecified atom stereocenters. The zero-order chi connectivity index (χ0) is 19.9. The summed E-state index contributed by atoms with van der Waals surface area (Å²) in [5, 5.41) is 9.00. The van der Waals surface area contributed by atoms with Crippen molar-refractivity contribution in [3.63, 3.8) is 0 Å². The van der Waals surface area contributed by atoms with Gasteiger partial charge in [-0.3, -0.25) is 4.40 Å². The van der Waals surface area contributed by atoms with Crippen LogP contribution in [0.2, 0.25) is 5.02 Å². The molecule has 0 N–H and O–H groups in total. The average Bonchev–Trinajstić information content (AvgIpc) is 3.11. The van der Waals surface area contributed by atoms with Crippen LogP contribution in [0.25, 0.3) is 16.7 Å². The molecular formula is C19H18ClN5O2S. The van der Waals surface area contributed by atoms with Gasteiger partial charge in [-0.2, -0.15) is 0 Å². The minimum absolute atomic E-state index is 0.126. The van der Waals surface area contributed by atoms with Gasteiger partial charge < -0.3 is 0 Å².